The molecule has 5 rings (SSSR count). The minimum absolute atomic E-state index is 0.0918. The van der Waals surface area contributed by atoms with Gasteiger partial charge in [-0.2, -0.15) is 4.73 Å². The van der Waals surface area contributed by atoms with Crippen LogP contribution in [0.25, 0.3) is 21.8 Å². The summed E-state index contributed by atoms with van der Waals surface area (Å²) in [7, 11) is 0. The van der Waals surface area contributed by atoms with Crippen molar-refractivity contribution in [2.75, 3.05) is 0 Å². The van der Waals surface area contributed by atoms with Gasteiger partial charge in [0.25, 0.3) is 0 Å². The van der Waals surface area contributed by atoms with Crippen molar-refractivity contribution in [2.45, 2.75) is 39.4 Å². The van der Waals surface area contributed by atoms with E-state index in [1.54, 1.807) is 18.3 Å². The number of aromatic nitrogens is 3. The smallest absolute Gasteiger partial charge is 0.309 e. The van der Waals surface area contributed by atoms with E-state index >= 15 is 0 Å². The Kier molecular flexibility index (Phi) is 6.34. The van der Waals surface area contributed by atoms with Crippen LogP contribution < -0.4 is 10.9 Å². The van der Waals surface area contributed by atoms with Gasteiger partial charge in [-0.15, -0.1) is 0 Å². The van der Waals surface area contributed by atoms with E-state index in [0.29, 0.717) is 29.6 Å². The van der Waals surface area contributed by atoms with Gasteiger partial charge >= 0.3 is 5.56 Å². The zero-order chi connectivity index (χ0) is 24.7. The maximum Gasteiger partial charge on any atom is 0.309 e. The lowest BCUT2D eigenvalue weighted by atomic mass is 9.95. The lowest BCUT2D eigenvalue weighted by Gasteiger charge is -2.17. The third kappa shape index (κ3) is 4.56. The second kappa shape index (κ2) is 9.43. The van der Waals surface area contributed by atoms with Crippen LogP contribution in [0.15, 0.2) is 81.7 Å². The van der Waals surface area contributed by atoms with Crippen molar-refractivity contribution < 1.29 is 9.60 Å². The number of halogens is 2. The van der Waals surface area contributed by atoms with Crippen molar-refractivity contribution in [3.63, 3.8) is 0 Å². The summed E-state index contributed by atoms with van der Waals surface area (Å²) in [4.78, 5) is 16.9. The lowest BCUT2D eigenvalue weighted by Crippen LogP contribution is -2.18. The molecular formula is C27H26BrFN4O2. The SMILES string of the molecule is CC(NCc1cn(CC2=CC=C(F)[C@H](C)C2)c2cnc3c(=O)n(O)ccc3c12)c1ccc(Br)cc1. The molecule has 1 aliphatic rings. The van der Waals surface area contributed by atoms with E-state index < -0.39 is 5.56 Å². The van der Waals surface area contributed by atoms with Crippen molar-refractivity contribution in [1.82, 2.24) is 19.6 Å². The Morgan fingerprint density at radius 3 is 2.77 bits per heavy atom. The largest absolute Gasteiger partial charge is 0.425 e. The van der Waals surface area contributed by atoms with Gasteiger partial charge < -0.3 is 15.1 Å². The number of nitrogens with zero attached hydrogens (tertiary/aromatic N) is 3. The molecule has 0 radical (unpaired) electrons. The van der Waals surface area contributed by atoms with Crippen LogP contribution in [0.3, 0.4) is 0 Å². The molecule has 0 aliphatic heterocycles. The molecule has 1 aromatic carbocycles. The highest BCUT2D eigenvalue weighted by Gasteiger charge is 2.19. The first-order chi connectivity index (χ1) is 16.8. The zero-order valence-corrected chi connectivity index (χ0v) is 21.1. The maximum absolute atomic E-state index is 13.9. The molecule has 2 N–H and O–H groups in total. The van der Waals surface area contributed by atoms with Crippen LogP contribution in [0, 0.1) is 5.92 Å². The van der Waals surface area contributed by atoms with E-state index in [1.807, 2.05) is 25.1 Å². The normalized spacial score (nSPS) is 17.0. The summed E-state index contributed by atoms with van der Waals surface area (Å²) < 4.78 is 17.6. The Morgan fingerprint density at radius 1 is 1.26 bits per heavy atom. The number of fused-ring (bicyclic) bond motifs is 3. The minimum Gasteiger partial charge on any atom is -0.425 e. The van der Waals surface area contributed by atoms with Crippen LogP contribution in [0.5, 0.6) is 0 Å². The quantitative estimate of drug-likeness (QED) is 0.295. The molecule has 3 heterocycles. The number of allylic oxidation sites excluding steroid dienone is 4. The van der Waals surface area contributed by atoms with Gasteiger partial charge in [0.1, 0.15) is 11.3 Å². The first-order valence-corrected chi connectivity index (χ1v) is 12.4. The minimum atomic E-state index is -0.552. The van der Waals surface area contributed by atoms with Crippen LogP contribution >= 0.6 is 15.9 Å². The Bertz CT molecular complexity index is 1540. The van der Waals surface area contributed by atoms with Gasteiger partial charge in [-0.25, -0.2) is 9.37 Å². The first kappa shape index (κ1) is 23.5. The first-order valence-electron chi connectivity index (χ1n) is 11.6. The van der Waals surface area contributed by atoms with Gasteiger partial charge in [0, 0.05) is 52.7 Å². The third-order valence-electron chi connectivity index (χ3n) is 6.69. The van der Waals surface area contributed by atoms with Crippen molar-refractivity contribution >= 4 is 37.7 Å². The third-order valence-corrected chi connectivity index (χ3v) is 7.22. The molecule has 2 atom stereocenters. The topological polar surface area (TPSA) is 72.1 Å². The summed E-state index contributed by atoms with van der Waals surface area (Å²) in [5.74, 6) is -0.224. The second-order valence-electron chi connectivity index (χ2n) is 9.16. The number of rotatable bonds is 6. The van der Waals surface area contributed by atoms with Crippen molar-refractivity contribution in [1.29, 1.82) is 0 Å². The summed E-state index contributed by atoms with van der Waals surface area (Å²) in [5, 5.41) is 15.1. The molecule has 0 spiro atoms. The van der Waals surface area contributed by atoms with Crippen LogP contribution in [0.1, 0.15) is 37.4 Å². The highest BCUT2D eigenvalue weighted by molar-refractivity contribution is 9.10. The average Bonchev–Trinajstić information content (AvgIpc) is 3.20. The average molecular weight is 537 g/mol. The number of nitrogens with one attached hydrogen (secondary N) is 1. The summed E-state index contributed by atoms with van der Waals surface area (Å²) in [5.41, 5.74) is 3.88. The molecule has 0 bridgehead atoms. The van der Waals surface area contributed by atoms with Gasteiger partial charge in [0.15, 0.2) is 0 Å². The van der Waals surface area contributed by atoms with E-state index in [9.17, 15) is 14.4 Å². The van der Waals surface area contributed by atoms with E-state index in [0.717, 1.165) is 26.5 Å². The fraction of sp³-hybridized carbons (Fsp3) is 0.259. The number of pyridine rings is 2. The summed E-state index contributed by atoms with van der Waals surface area (Å²) in [6.07, 6.45) is 9.18. The summed E-state index contributed by atoms with van der Waals surface area (Å²) >= 11 is 3.48. The van der Waals surface area contributed by atoms with E-state index in [4.69, 9.17) is 0 Å². The van der Waals surface area contributed by atoms with Crippen molar-refractivity contribution in [3.05, 3.63) is 98.4 Å². The van der Waals surface area contributed by atoms with Crippen molar-refractivity contribution in [3.8, 4) is 0 Å². The van der Waals surface area contributed by atoms with Crippen LogP contribution in [-0.4, -0.2) is 19.5 Å². The number of hydrogen-bond acceptors (Lipinski definition) is 4. The van der Waals surface area contributed by atoms with Gasteiger partial charge in [0.05, 0.1) is 11.7 Å². The van der Waals surface area contributed by atoms with Crippen molar-refractivity contribution in [2.24, 2.45) is 5.92 Å². The Hall–Kier alpha value is -3.23. The molecule has 0 saturated carbocycles. The van der Waals surface area contributed by atoms with Gasteiger partial charge in [0.2, 0.25) is 0 Å². The molecule has 35 heavy (non-hydrogen) atoms. The van der Waals surface area contributed by atoms with Crippen LogP contribution in [0.2, 0.25) is 0 Å². The van der Waals surface area contributed by atoms with Gasteiger partial charge in [-0.1, -0.05) is 41.1 Å². The lowest BCUT2D eigenvalue weighted by molar-refractivity contribution is 0.176. The molecule has 1 unspecified atom stereocenters. The molecule has 1 aliphatic carbocycles. The standard InChI is InChI=1S/C27H26BrFN4O2/c1-16-11-18(3-8-23(16)29)14-32-15-20(12-30-17(2)19-4-6-21(28)7-5-19)25-22-9-10-33(35)27(34)26(22)31-13-24(25)32/h3-10,13,15-17,30,35H,11-12,14H2,1-2H3/t16-,17?/m1/s1. The van der Waals surface area contributed by atoms with Gasteiger partial charge in [-0.3, -0.25) is 4.79 Å². The molecule has 0 fully saturated rings. The van der Waals surface area contributed by atoms with E-state index in [-0.39, 0.29) is 23.3 Å². The Morgan fingerprint density at radius 2 is 2.03 bits per heavy atom. The molecule has 4 aromatic rings. The Balaban J connectivity index is 1.56. The van der Waals surface area contributed by atoms with Crippen LogP contribution in [-0.2, 0) is 13.1 Å². The van der Waals surface area contributed by atoms with E-state index in [1.165, 1.54) is 11.8 Å². The van der Waals surface area contributed by atoms with Crippen LogP contribution in [0.4, 0.5) is 4.39 Å². The molecular weight excluding hydrogens is 511 g/mol. The highest BCUT2D eigenvalue weighted by atomic mass is 79.9. The van der Waals surface area contributed by atoms with Gasteiger partial charge in [-0.05, 0) is 54.3 Å². The molecule has 0 amide bonds. The molecule has 180 valence electrons. The molecule has 3 aromatic heterocycles. The fourth-order valence-corrected chi connectivity index (χ4v) is 4.97. The molecule has 6 nitrogen and oxygen atoms in total. The number of benzene rings is 1. The Labute approximate surface area is 210 Å². The highest BCUT2D eigenvalue weighted by Crippen LogP contribution is 2.31. The fourth-order valence-electron chi connectivity index (χ4n) is 4.70. The second-order valence-corrected chi connectivity index (χ2v) is 10.1. The van der Waals surface area contributed by atoms with E-state index in [2.05, 4.69) is 56.1 Å². The molecule has 0 saturated heterocycles. The summed E-state index contributed by atoms with van der Waals surface area (Å²) in [6.45, 7) is 5.19. The number of hydrogen-bond donors (Lipinski definition) is 2. The molecule has 8 heteroatoms. The predicted octanol–water partition coefficient (Wildman–Crippen LogP) is 6.02. The zero-order valence-electron chi connectivity index (χ0n) is 19.5. The maximum atomic E-state index is 13.9. The predicted molar refractivity (Wildman–Crippen MR) is 139 cm³/mol. The summed E-state index contributed by atoms with van der Waals surface area (Å²) in [6, 6.07) is 10.0. The monoisotopic (exact) mass is 536 g/mol.